The molecule has 0 bridgehead atoms. The molecule has 132 valence electrons. The molecular weight excluding hydrogens is 288 g/mol. The molecule has 2 rings (SSSR count). The van der Waals surface area contributed by atoms with Crippen molar-refractivity contribution in [3.05, 3.63) is 0 Å². The van der Waals surface area contributed by atoms with Gasteiger partial charge in [0.05, 0.1) is 0 Å². The fourth-order valence-corrected chi connectivity index (χ4v) is 3.72. The highest BCUT2D eigenvalue weighted by atomic mass is 16.2. The van der Waals surface area contributed by atoms with E-state index in [-0.39, 0.29) is 0 Å². The summed E-state index contributed by atoms with van der Waals surface area (Å²) in [4.78, 5) is 18.9. The van der Waals surface area contributed by atoms with E-state index in [0.29, 0.717) is 23.8 Å². The average molecular weight is 322 g/mol. The minimum atomic E-state index is 0.293. The van der Waals surface area contributed by atoms with E-state index in [4.69, 9.17) is 0 Å². The second-order valence-corrected chi connectivity index (χ2v) is 7.03. The average Bonchev–Trinajstić information content (AvgIpc) is 3.25. The number of nitrogens with zero attached hydrogens (tertiary/aromatic N) is 2. The number of guanidine groups is 1. The Kier molecular flexibility index (Phi) is 7.18. The van der Waals surface area contributed by atoms with Crippen LogP contribution in [0.25, 0.3) is 0 Å². The Morgan fingerprint density at radius 2 is 1.91 bits per heavy atom. The quantitative estimate of drug-likeness (QED) is 0.583. The summed E-state index contributed by atoms with van der Waals surface area (Å²) >= 11 is 0. The van der Waals surface area contributed by atoms with Crippen molar-refractivity contribution < 1.29 is 4.79 Å². The zero-order valence-electron chi connectivity index (χ0n) is 15.1. The summed E-state index contributed by atoms with van der Waals surface area (Å²) in [5, 5.41) is 6.92. The first kappa shape index (κ1) is 18.1. The molecule has 1 saturated heterocycles. The molecule has 0 aromatic carbocycles. The van der Waals surface area contributed by atoms with Gasteiger partial charge in [-0.15, -0.1) is 0 Å². The summed E-state index contributed by atoms with van der Waals surface area (Å²) in [7, 11) is 1.82. The van der Waals surface area contributed by atoms with Gasteiger partial charge < -0.3 is 15.5 Å². The maximum absolute atomic E-state index is 12.5. The summed E-state index contributed by atoms with van der Waals surface area (Å²) < 4.78 is 0. The van der Waals surface area contributed by atoms with Crippen molar-refractivity contribution in [3.63, 3.8) is 0 Å². The van der Waals surface area contributed by atoms with E-state index in [1.165, 1.54) is 25.7 Å². The minimum Gasteiger partial charge on any atom is -0.356 e. The molecular formula is C18H34N4O. The Morgan fingerprint density at radius 3 is 2.52 bits per heavy atom. The topological polar surface area (TPSA) is 56.7 Å². The second kappa shape index (κ2) is 9.14. The van der Waals surface area contributed by atoms with E-state index in [1.807, 2.05) is 7.05 Å². The summed E-state index contributed by atoms with van der Waals surface area (Å²) in [6.45, 7) is 7.13. The SMILES string of the molecule is CCC(CC)CNC(=NC)NC1CCN(C(=O)C2CCCC2)C1. The molecule has 2 N–H and O–H groups in total. The lowest BCUT2D eigenvalue weighted by atomic mass is 10.0. The molecule has 0 aromatic rings. The van der Waals surface area contributed by atoms with Crippen LogP contribution in [0, 0.1) is 11.8 Å². The molecule has 1 aliphatic carbocycles. The monoisotopic (exact) mass is 322 g/mol. The van der Waals surface area contributed by atoms with E-state index in [1.54, 1.807) is 0 Å². The molecule has 1 atom stereocenters. The van der Waals surface area contributed by atoms with Crippen molar-refractivity contribution in [1.82, 2.24) is 15.5 Å². The number of nitrogens with one attached hydrogen (secondary N) is 2. The summed E-state index contributed by atoms with van der Waals surface area (Å²) in [5.41, 5.74) is 0. The lowest BCUT2D eigenvalue weighted by molar-refractivity contribution is -0.134. The van der Waals surface area contributed by atoms with Gasteiger partial charge in [0, 0.05) is 38.6 Å². The third-order valence-corrected chi connectivity index (χ3v) is 5.48. The predicted octanol–water partition coefficient (Wildman–Crippen LogP) is 2.38. The van der Waals surface area contributed by atoms with E-state index in [0.717, 1.165) is 44.9 Å². The van der Waals surface area contributed by atoms with E-state index < -0.39 is 0 Å². The summed E-state index contributed by atoms with van der Waals surface area (Å²) in [6.07, 6.45) is 8.01. The van der Waals surface area contributed by atoms with Crippen LogP contribution in [0.2, 0.25) is 0 Å². The molecule has 0 radical (unpaired) electrons. The van der Waals surface area contributed by atoms with Gasteiger partial charge in [0.15, 0.2) is 5.96 Å². The normalized spacial score (nSPS) is 22.9. The first-order valence-corrected chi connectivity index (χ1v) is 9.43. The summed E-state index contributed by atoms with van der Waals surface area (Å²) in [5.74, 6) is 2.24. The molecule has 0 spiro atoms. The van der Waals surface area contributed by atoms with Gasteiger partial charge in [0.25, 0.3) is 0 Å². The highest BCUT2D eigenvalue weighted by Crippen LogP contribution is 2.27. The zero-order chi connectivity index (χ0) is 16.7. The molecule has 1 saturated carbocycles. The number of amides is 1. The van der Waals surface area contributed by atoms with Crippen molar-refractivity contribution >= 4 is 11.9 Å². The van der Waals surface area contributed by atoms with Gasteiger partial charge >= 0.3 is 0 Å². The van der Waals surface area contributed by atoms with Gasteiger partial charge in [-0.05, 0) is 25.2 Å². The molecule has 2 aliphatic rings. The van der Waals surface area contributed by atoms with Crippen LogP contribution >= 0.6 is 0 Å². The third-order valence-electron chi connectivity index (χ3n) is 5.48. The number of rotatable bonds is 6. The number of carbonyl (C=O) groups is 1. The molecule has 1 heterocycles. The van der Waals surface area contributed by atoms with Gasteiger partial charge in [-0.25, -0.2) is 0 Å². The maximum Gasteiger partial charge on any atom is 0.225 e. The van der Waals surface area contributed by atoms with Crippen LogP contribution in [-0.4, -0.2) is 49.5 Å². The molecule has 1 amide bonds. The lowest BCUT2D eigenvalue weighted by Gasteiger charge is -2.22. The van der Waals surface area contributed by atoms with Crippen LogP contribution in [-0.2, 0) is 4.79 Å². The van der Waals surface area contributed by atoms with Crippen LogP contribution in [0.5, 0.6) is 0 Å². The van der Waals surface area contributed by atoms with Crippen LogP contribution in [0.1, 0.15) is 58.8 Å². The Labute approximate surface area is 141 Å². The maximum atomic E-state index is 12.5. The van der Waals surface area contributed by atoms with E-state index in [2.05, 4.69) is 34.4 Å². The number of aliphatic imine (C=N–C) groups is 1. The Balaban J connectivity index is 1.76. The predicted molar refractivity (Wildman–Crippen MR) is 95.5 cm³/mol. The second-order valence-electron chi connectivity index (χ2n) is 7.03. The molecule has 5 heteroatoms. The van der Waals surface area contributed by atoms with Gasteiger partial charge in [-0.2, -0.15) is 0 Å². The molecule has 5 nitrogen and oxygen atoms in total. The van der Waals surface area contributed by atoms with Crippen LogP contribution in [0.15, 0.2) is 4.99 Å². The fourth-order valence-electron chi connectivity index (χ4n) is 3.72. The van der Waals surface area contributed by atoms with Gasteiger partial charge in [0.1, 0.15) is 0 Å². The first-order valence-electron chi connectivity index (χ1n) is 9.43. The molecule has 23 heavy (non-hydrogen) atoms. The number of likely N-dealkylation sites (tertiary alicyclic amines) is 1. The van der Waals surface area contributed by atoms with Gasteiger partial charge in [-0.3, -0.25) is 9.79 Å². The van der Waals surface area contributed by atoms with Crippen molar-refractivity contribution in [1.29, 1.82) is 0 Å². The van der Waals surface area contributed by atoms with Crippen LogP contribution in [0.3, 0.4) is 0 Å². The lowest BCUT2D eigenvalue weighted by Crippen LogP contribution is -2.46. The molecule has 2 fully saturated rings. The van der Waals surface area contributed by atoms with Gasteiger partial charge in [0.2, 0.25) is 5.91 Å². The van der Waals surface area contributed by atoms with Crippen molar-refractivity contribution in [2.24, 2.45) is 16.8 Å². The number of hydrogen-bond donors (Lipinski definition) is 2. The highest BCUT2D eigenvalue weighted by molar-refractivity contribution is 5.81. The standard InChI is InChI=1S/C18H34N4O/c1-4-14(5-2)12-20-18(19-3)21-16-10-11-22(13-16)17(23)15-8-6-7-9-15/h14-16H,4-13H2,1-3H3,(H2,19,20,21). The zero-order valence-corrected chi connectivity index (χ0v) is 15.1. The fraction of sp³-hybridized carbons (Fsp3) is 0.889. The van der Waals surface area contributed by atoms with Crippen LogP contribution < -0.4 is 10.6 Å². The third kappa shape index (κ3) is 5.11. The van der Waals surface area contributed by atoms with Crippen molar-refractivity contribution in [2.75, 3.05) is 26.7 Å². The highest BCUT2D eigenvalue weighted by Gasteiger charge is 2.32. The Morgan fingerprint density at radius 1 is 1.22 bits per heavy atom. The Hall–Kier alpha value is -1.26. The number of carbonyl (C=O) groups excluding carboxylic acids is 1. The van der Waals surface area contributed by atoms with Crippen molar-refractivity contribution in [2.45, 2.75) is 64.8 Å². The minimum absolute atomic E-state index is 0.293. The molecule has 1 unspecified atom stereocenters. The number of hydrogen-bond acceptors (Lipinski definition) is 2. The largest absolute Gasteiger partial charge is 0.356 e. The van der Waals surface area contributed by atoms with Crippen LogP contribution in [0.4, 0.5) is 0 Å². The summed E-state index contributed by atoms with van der Waals surface area (Å²) in [6, 6.07) is 0.327. The first-order chi connectivity index (χ1) is 11.2. The smallest absolute Gasteiger partial charge is 0.225 e. The van der Waals surface area contributed by atoms with Gasteiger partial charge in [-0.1, -0.05) is 39.5 Å². The van der Waals surface area contributed by atoms with Crippen molar-refractivity contribution in [3.8, 4) is 0 Å². The molecule has 0 aromatic heterocycles. The van der Waals surface area contributed by atoms with E-state index >= 15 is 0 Å². The van der Waals surface area contributed by atoms with E-state index in [9.17, 15) is 4.79 Å². The Bertz CT molecular complexity index is 400. The molecule has 1 aliphatic heterocycles.